The summed E-state index contributed by atoms with van der Waals surface area (Å²) in [5.74, 6) is -4.63. The Labute approximate surface area is 651 Å². The van der Waals surface area contributed by atoms with Gasteiger partial charge >= 0.3 is 0 Å². The van der Waals surface area contributed by atoms with Crippen LogP contribution in [0.1, 0.15) is 34.6 Å². The van der Waals surface area contributed by atoms with Crippen LogP contribution in [0.4, 0.5) is 0 Å². The number of hydrogen-bond acceptors (Lipinski definition) is 46. The molecule has 664 valence electrons. The third-order valence-corrected chi connectivity index (χ3v) is 20.8. The highest BCUT2D eigenvalue weighted by atomic mass is 16.8. The van der Waals surface area contributed by atoms with Crippen molar-refractivity contribution in [1.29, 1.82) is 0 Å². The second-order valence-corrected chi connectivity index (χ2v) is 28.9. The highest BCUT2D eigenvalue weighted by Crippen LogP contribution is 2.41. The number of carbonyl (C=O) groups excluding carboxylic acids is 5. The van der Waals surface area contributed by atoms with Crippen LogP contribution in [0.5, 0.6) is 0 Å². The summed E-state index contributed by atoms with van der Waals surface area (Å²) in [6.45, 7) is -5.56. The van der Waals surface area contributed by atoms with E-state index in [1.54, 1.807) is 0 Å². The lowest BCUT2D eigenvalue weighted by Crippen LogP contribution is -2.71. The highest BCUT2D eigenvalue weighted by molar-refractivity contribution is 5.75. The van der Waals surface area contributed by atoms with Crippen LogP contribution < -0.4 is 26.6 Å². The molecule has 5 amide bonds. The number of nitrogens with one attached hydrogen (secondary N) is 5. The zero-order valence-electron chi connectivity index (χ0n) is 62.1. The Kier molecular flexibility index (Phi) is 34.1. The molecule has 0 aliphatic carbocycles. The van der Waals surface area contributed by atoms with E-state index < -0.39 is 365 Å². The van der Waals surface area contributed by atoms with Crippen LogP contribution in [0.25, 0.3) is 0 Å². The van der Waals surface area contributed by atoms with E-state index in [2.05, 4.69) is 26.6 Å². The van der Waals surface area contributed by atoms with Crippen molar-refractivity contribution in [3.8, 4) is 0 Å². The molecule has 0 aromatic heterocycles. The first-order chi connectivity index (χ1) is 54.4. The normalized spacial score (nSPS) is 47.9. The van der Waals surface area contributed by atoms with Gasteiger partial charge in [0.15, 0.2) is 56.6 Å². The van der Waals surface area contributed by atoms with Gasteiger partial charge in [0.2, 0.25) is 29.5 Å². The molecule has 9 aliphatic rings. The molecule has 51 nitrogen and oxygen atoms in total. The minimum absolute atomic E-state index is 0.805. The van der Waals surface area contributed by atoms with E-state index in [-0.39, 0.29) is 0 Å². The van der Waals surface area contributed by atoms with Gasteiger partial charge in [-0.1, -0.05) is 0 Å². The van der Waals surface area contributed by atoms with Crippen LogP contribution in [0.2, 0.25) is 0 Å². The van der Waals surface area contributed by atoms with E-state index in [9.17, 15) is 147 Å². The van der Waals surface area contributed by atoms with E-state index in [0.29, 0.717) is 0 Å². The summed E-state index contributed by atoms with van der Waals surface area (Å²) in [7, 11) is 0. The molecule has 0 bridgehead atoms. The van der Waals surface area contributed by atoms with Crippen LogP contribution in [0.15, 0.2) is 0 Å². The Hall–Kier alpha value is -4.29. The molecule has 0 spiro atoms. The molecule has 45 atom stereocenters. The highest BCUT2D eigenvalue weighted by Gasteiger charge is 2.62. The monoisotopic (exact) mass is 1680 g/mol. The number of ether oxygens (including phenoxy) is 17. The van der Waals surface area contributed by atoms with Gasteiger partial charge in [-0.3, -0.25) is 24.0 Å². The number of hydrogen-bond donors (Lipinski definition) is 29. The molecule has 0 saturated carbocycles. The molecular formula is C64H107N5O46. The summed E-state index contributed by atoms with van der Waals surface area (Å²) in [5, 5.41) is 281. The fraction of sp³-hybridized carbons (Fsp3) is 0.922. The standard InChI is InChI=1S/C64H107N5O46/c1-15(78)65-29-41(90)49(25(11-75)100-56(29)98)109-59-32(68-18(4)81)42(91)51(27(13-77)106-59)111-62-48(97)53(113-64-55(46(95)38(87)24(10-74)105-64)115-58-31(67-17(3)80)40(89)35(84)21(7-71)102-58)52(112-57-30(66-16(2)79)39(88)34(83)20(6-70)101-57)28(108-62)14-99-63-54(45(94)37(86)23(9-73)104-63)114-60-33(69-19(5)82)43(92)50(26(12-76)107-60)110-61-47(96)44(93)36(85)22(8-72)103-61/h20-64,70-77,83-98H,6-14H2,1-5H3,(H,65,78)(H,66,79)(H,67,80)(H,68,81)(H,69,82)/t20-,21-,22-,23-,24-,25-,26-,27-,28-,29-,30-,31-,32-,33-,34-,35-,36+,37-,38-,39-,40-,41-,42-,43-,44+,45+,46+,47-,48+,49-,50-,51-,52-,53-,54+,55+,56?,57+,58+,59+,60+,61+,62-,63+,64-/m1/s1. The van der Waals surface area contributed by atoms with Crippen LogP contribution in [-0.2, 0) is 104 Å². The van der Waals surface area contributed by atoms with Crippen molar-refractivity contribution >= 4 is 29.5 Å². The first kappa shape index (κ1) is 94.6. The smallest absolute Gasteiger partial charge is 0.217 e. The molecule has 9 fully saturated rings. The number of aliphatic hydroxyl groups is 24. The Morgan fingerprint density at radius 2 is 0.478 bits per heavy atom. The molecule has 29 N–H and O–H groups in total. The second-order valence-electron chi connectivity index (χ2n) is 28.9. The average molecular weight is 1680 g/mol. The molecule has 9 saturated heterocycles. The summed E-state index contributed by atoms with van der Waals surface area (Å²) < 4.78 is 103. The second kappa shape index (κ2) is 41.5. The molecule has 0 radical (unpaired) electrons. The Balaban J connectivity index is 1.16. The van der Waals surface area contributed by atoms with Crippen molar-refractivity contribution in [3.05, 3.63) is 0 Å². The summed E-state index contributed by atoms with van der Waals surface area (Å²) in [5.41, 5.74) is 0. The predicted octanol–water partition coefficient (Wildman–Crippen LogP) is -19.9. The lowest BCUT2D eigenvalue weighted by Gasteiger charge is -2.52. The molecule has 0 aromatic rings. The van der Waals surface area contributed by atoms with E-state index >= 15 is 0 Å². The fourth-order valence-electron chi connectivity index (χ4n) is 14.9. The molecular weight excluding hydrogens is 1570 g/mol. The van der Waals surface area contributed by atoms with Gasteiger partial charge in [-0.15, -0.1) is 0 Å². The maximum absolute atomic E-state index is 13.2. The van der Waals surface area contributed by atoms with E-state index in [4.69, 9.17) is 80.5 Å². The molecule has 0 aromatic carbocycles. The number of aliphatic hydroxyl groups excluding tert-OH is 24. The first-order valence-corrected chi connectivity index (χ1v) is 36.6. The summed E-state index contributed by atoms with van der Waals surface area (Å²) in [6, 6.07) is -9.48. The van der Waals surface area contributed by atoms with Gasteiger partial charge in [0, 0.05) is 34.6 Å². The maximum Gasteiger partial charge on any atom is 0.217 e. The summed E-state index contributed by atoms with van der Waals surface area (Å²) in [4.78, 5) is 64.1. The van der Waals surface area contributed by atoms with Gasteiger partial charge in [-0.05, 0) is 0 Å². The third-order valence-electron chi connectivity index (χ3n) is 20.8. The summed E-state index contributed by atoms with van der Waals surface area (Å²) >= 11 is 0. The number of amides is 5. The van der Waals surface area contributed by atoms with Crippen molar-refractivity contribution in [2.24, 2.45) is 0 Å². The van der Waals surface area contributed by atoms with Crippen LogP contribution in [0, 0.1) is 0 Å². The van der Waals surface area contributed by atoms with Crippen molar-refractivity contribution < 1.29 is 227 Å². The topological polar surface area (TPSA) is 788 Å². The van der Waals surface area contributed by atoms with Gasteiger partial charge in [-0.2, -0.15) is 0 Å². The third kappa shape index (κ3) is 21.3. The van der Waals surface area contributed by atoms with Crippen LogP contribution >= 0.6 is 0 Å². The van der Waals surface area contributed by atoms with Gasteiger partial charge in [0.1, 0.15) is 219 Å². The Morgan fingerprint density at radius 1 is 0.226 bits per heavy atom. The summed E-state index contributed by atoms with van der Waals surface area (Å²) in [6.07, 6.45) is -85.6. The number of carbonyl (C=O) groups is 5. The predicted molar refractivity (Wildman–Crippen MR) is 355 cm³/mol. The van der Waals surface area contributed by atoms with Crippen LogP contribution in [-0.4, -0.2) is 488 Å². The molecule has 1 unspecified atom stereocenters. The van der Waals surface area contributed by atoms with Crippen molar-refractivity contribution in [2.75, 3.05) is 59.5 Å². The van der Waals surface area contributed by atoms with Crippen molar-refractivity contribution in [1.82, 2.24) is 26.6 Å². The van der Waals surface area contributed by atoms with Crippen molar-refractivity contribution in [3.63, 3.8) is 0 Å². The minimum Gasteiger partial charge on any atom is -0.394 e. The zero-order valence-corrected chi connectivity index (χ0v) is 62.1. The fourth-order valence-corrected chi connectivity index (χ4v) is 14.9. The Bertz CT molecular complexity index is 3100. The molecule has 9 heterocycles. The van der Waals surface area contributed by atoms with E-state index in [1.165, 1.54) is 0 Å². The molecule has 51 heteroatoms. The average Bonchev–Trinajstić information content (AvgIpc) is 0.761. The van der Waals surface area contributed by atoms with Crippen LogP contribution in [0.3, 0.4) is 0 Å². The largest absolute Gasteiger partial charge is 0.394 e. The molecule has 115 heavy (non-hydrogen) atoms. The SMILES string of the molecule is CC(=O)N[C@H]1[C@H](O[C@H]2[C@H](O)[C@@H](NC(C)=O)C(O)O[C@@H]2CO)O[C@H](CO)[C@@H](O[C@H]2O[C@H](CO[C@H]3O[C@H](CO)[C@@H](O)[C@H](O)[C@@H]3O[C@@H]3O[C@H](CO)[C@@H](O[C@@H]4O[C@H](CO)[C@H](O)[C@H](O)[C@H]4O)[C@H](O)[C@H]3NC(C)=O)[C@@H](O[C@@H]3O[C@H](CO)[C@@H](O)[C@H](O)[C@H]3NC(C)=O)[C@H](O[C@H]3O[C@H](CO)[C@@H](O)[C@H](O)[C@@H]3O[C@@H]3O[C@H](CO)[C@@H](O)[C@H](O)[C@H]3NC(C)=O)[C@@H]2O)[C@@H]1O. The van der Waals surface area contributed by atoms with Gasteiger partial charge in [-0.25, -0.2) is 0 Å². The molecule has 9 rings (SSSR count). The quantitative estimate of drug-likeness (QED) is 0.0318. The zero-order chi connectivity index (χ0) is 84.8. The Morgan fingerprint density at radius 3 is 0.861 bits per heavy atom. The lowest BCUT2D eigenvalue weighted by atomic mass is 9.93. The van der Waals surface area contributed by atoms with Gasteiger partial charge in [0.25, 0.3) is 0 Å². The minimum atomic E-state index is -2.70. The number of rotatable bonds is 30. The van der Waals surface area contributed by atoms with E-state index in [0.717, 1.165) is 34.6 Å². The van der Waals surface area contributed by atoms with Gasteiger partial charge in [0.05, 0.1) is 59.5 Å². The first-order valence-electron chi connectivity index (χ1n) is 36.6. The lowest BCUT2D eigenvalue weighted by molar-refractivity contribution is -0.407. The van der Waals surface area contributed by atoms with Gasteiger partial charge < -0.3 is 230 Å². The molecule has 9 aliphatic heterocycles. The van der Waals surface area contributed by atoms with Crippen molar-refractivity contribution in [2.45, 2.75) is 311 Å². The van der Waals surface area contributed by atoms with E-state index in [1.807, 2.05) is 0 Å². The maximum atomic E-state index is 13.2.